The summed E-state index contributed by atoms with van der Waals surface area (Å²) in [4.78, 5) is 13.5. The number of aliphatic hydroxyl groups is 1. The van der Waals surface area contributed by atoms with E-state index in [1.54, 1.807) is 0 Å². The van der Waals surface area contributed by atoms with E-state index >= 15 is 0 Å². The molecule has 5 rings (SSSR count). The molecule has 1 saturated carbocycles. The van der Waals surface area contributed by atoms with E-state index in [-0.39, 0.29) is 17.4 Å². The van der Waals surface area contributed by atoms with Crippen LogP contribution >= 0.6 is 0 Å². The minimum atomic E-state index is -0.538. The highest BCUT2D eigenvalue weighted by Crippen LogP contribution is 2.44. The largest absolute Gasteiger partial charge is 0.493 e. The molecule has 1 atom stereocenters. The smallest absolute Gasteiger partial charge is 0.253 e. The third-order valence-electron chi connectivity index (χ3n) is 8.55. The minimum absolute atomic E-state index is 0.00502. The van der Waals surface area contributed by atoms with Crippen molar-refractivity contribution in [3.05, 3.63) is 40.6 Å². The van der Waals surface area contributed by atoms with Crippen molar-refractivity contribution in [2.24, 2.45) is 5.92 Å². The lowest BCUT2D eigenvalue weighted by molar-refractivity contribution is 0.0696. The predicted octanol–water partition coefficient (Wildman–Crippen LogP) is 6.07. The summed E-state index contributed by atoms with van der Waals surface area (Å²) in [6, 6.07) is 6.57. The second-order valence-electron chi connectivity index (χ2n) is 12.3. The van der Waals surface area contributed by atoms with Crippen LogP contribution < -0.4 is 10.1 Å². The second-order valence-corrected chi connectivity index (χ2v) is 12.3. The highest BCUT2D eigenvalue weighted by Gasteiger charge is 2.30. The minimum Gasteiger partial charge on any atom is -0.493 e. The highest BCUT2D eigenvalue weighted by atomic mass is 16.5. The maximum absolute atomic E-state index is 13.5. The van der Waals surface area contributed by atoms with Crippen LogP contribution in [0.1, 0.15) is 105 Å². The van der Waals surface area contributed by atoms with Crippen LogP contribution in [0.4, 0.5) is 0 Å². The van der Waals surface area contributed by atoms with Gasteiger partial charge in [0.2, 0.25) is 0 Å². The van der Waals surface area contributed by atoms with Crippen molar-refractivity contribution < 1.29 is 19.4 Å². The van der Waals surface area contributed by atoms with Crippen LogP contribution in [0.2, 0.25) is 0 Å². The number of nitrogens with one attached hydrogen (secondary N) is 1. The van der Waals surface area contributed by atoms with Gasteiger partial charge in [-0.3, -0.25) is 4.79 Å². The predicted molar refractivity (Wildman–Crippen MR) is 146 cm³/mol. The number of carbonyl (C=O) groups excluding carboxylic acids is 1. The number of carbonyl (C=O) groups is 1. The van der Waals surface area contributed by atoms with E-state index in [4.69, 9.17) is 9.47 Å². The van der Waals surface area contributed by atoms with Crippen molar-refractivity contribution in [1.29, 1.82) is 0 Å². The van der Waals surface area contributed by atoms with Crippen molar-refractivity contribution in [3.63, 3.8) is 0 Å². The zero-order valence-corrected chi connectivity index (χ0v) is 23.1. The first-order valence-electron chi connectivity index (χ1n) is 14.3. The van der Waals surface area contributed by atoms with Gasteiger partial charge in [-0.05, 0) is 67.7 Å². The lowest BCUT2D eigenvalue weighted by Gasteiger charge is -2.31. The van der Waals surface area contributed by atoms with E-state index in [0.29, 0.717) is 32.2 Å². The van der Waals surface area contributed by atoms with Crippen LogP contribution in [-0.4, -0.2) is 41.4 Å². The average Bonchev–Trinajstić information content (AvgIpc) is 3.20. The fraction of sp³-hybridized carbons (Fsp3) is 0.645. The summed E-state index contributed by atoms with van der Waals surface area (Å²) in [5.41, 5.74) is 5.72. The Morgan fingerprint density at radius 3 is 2.46 bits per heavy atom. The van der Waals surface area contributed by atoms with Crippen LogP contribution in [0.5, 0.6) is 5.75 Å². The van der Waals surface area contributed by atoms with E-state index in [1.807, 2.05) is 0 Å². The summed E-state index contributed by atoms with van der Waals surface area (Å²) in [6.07, 6.45) is 8.16. The normalized spacial score (nSPS) is 21.4. The number of nitrogens with zero attached hydrogens (tertiary/aromatic N) is 1. The lowest BCUT2D eigenvalue weighted by Crippen LogP contribution is -2.39. The first kappa shape index (κ1) is 26.3. The van der Waals surface area contributed by atoms with Gasteiger partial charge in [-0.25, -0.2) is 0 Å². The van der Waals surface area contributed by atoms with Crippen molar-refractivity contribution in [3.8, 4) is 17.0 Å². The van der Waals surface area contributed by atoms with Crippen LogP contribution in [0.15, 0.2) is 18.2 Å². The number of benzene rings is 1. The Balaban J connectivity index is 1.58. The van der Waals surface area contributed by atoms with Gasteiger partial charge in [0.05, 0.1) is 18.3 Å². The highest BCUT2D eigenvalue weighted by molar-refractivity contribution is 5.97. The van der Waals surface area contributed by atoms with Crippen LogP contribution in [0.25, 0.3) is 11.3 Å². The molecule has 2 aliphatic heterocycles. The Hall–Kier alpha value is -2.31. The Morgan fingerprint density at radius 2 is 1.76 bits per heavy atom. The number of amides is 1. The molecule has 0 bridgehead atoms. The number of rotatable bonds is 5. The Labute approximate surface area is 221 Å². The Kier molecular flexibility index (Phi) is 7.69. The summed E-state index contributed by atoms with van der Waals surface area (Å²) in [5.74, 6) is 1.46. The monoisotopic (exact) mass is 508 g/mol. The van der Waals surface area contributed by atoms with E-state index in [9.17, 15) is 9.90 Å². The van der Waals surface area contributed by atoms with Gasteiger partial charge in [-0.1, -0.05) is 40.0 Å². The molecule has 2 fully saturated rings. The van der Waals surface area contributed by atoms with Crippen LogP contribution in [0.3, 0.4) is 0 Å². The summed E-state index contributed by atoms with van der Waals surface area (Å²) >= 11 is 0. The molecule has 2 N–H and O–H groups in total. The molecule has 37 heavy (non-hydrogen) atoms. The Morgan fingerprint density at radius 1 is 1.03 bits per heavy atom. The zero-order valence-electron chi connectivity index (χ0n) is 23.1. The third kappa shape index (κ3) is 5.61. The number of fused-ring (bicyclic) bond motifs is 1. The molecule has 1 amide bonds. The Bertz CT molecular complexity index is 1120. The van der Waals surface area contributed by atoms with E-state index in [2.05, 4.69) is 55.8 Å². The number of ether oxygens (including phenoxy) is 2. The first-order valence-corrected chi connectivity index (χ1v) is 14.3. The van der Waals surface area contributed by atoms with Gasteiger partial charge in [0.15, 0.2) is 0 Å². The number of hydrogen-bond donors (Lipinski definition) is 2. The quantitative estimate of drug-likeness (QED) is 0.514. The second kappa shape index (κ2) is 10.8. The molecule has 6 nitrogen and oxygen atoms in total. The third-order valence-corrected chi connectivity index (χ3v) is 8.55. The number of aromatic nitrogens is 1. The molecular formula is C31H44N2O4. The first-order chi connectivity index (χ1) is 17.7. The zero-order chi connectivity index (χ0) is 26.2. The fourth-order valence-corrected chi connectivity index (χ4v) is 6.28. The maximum atomic E-state index is 13.5. The molecule has 2 aromatic rings. The molecule has 1 unspecified atom stereocenters. The lowest BCUT2D eigenvalue weighted by atomic mass is 9.82. The molecule has 3 heterocycles. The van der Waals surface area contributed by atoms with E-state index in [0.717, 1.165) is 58.8 Å². The van der Waals surface area contributed by atoms with Crippen LogP contribution in [-0.2, 0) is 16.7 Å². The summed E-state index contributed by atoms with van der Waals surface area (Å²) in [7, 11) is 0. The van der Waals surface area contributed by atoms with Crippen molar-refractivity contribution in [2.45, 2.75) is 103 Å². The summed E-state index contributed by atoms with van der Waals surface area (Å²) in [5, 5.41) is 14.2. The fourth-order valence-electron chi connectivity index (χ4n) is 6.28. The van der Waals surface area contributed by atoms with E-state index in [1.165, 1.54) is 32.1 Å². The maximum Gasteiger partial charge on any atom is 0.253 e. The molecule has 202 valence electrons. The average molecular weight is 509 g/mol. The topological polar surface area (TPSA) is 72.7 Å². The van der Waals surface area contributed by atoms with Crippen molar-refractivity contribution >= 4 is 5.91 Å². The van der Waals surface area contributed by atoms with Gasteiger partial charge < -0.3 is 24.5 Å². The molecule has 1 aliphatic carbocycles. The van der Waals surface area contributed by atoms with Gasteiger partial charge >= 0.3 is 0 Å². The molecule has 1 aromatic heterocycles. The molecule has 1 saturated heterocycles. The van der Waals surface area contributed by atoms with Gasteiger partial charge in [0.1, 0.15) is 5.75 Å². The molecule has 3 aliphatic rings. The van der Waals surface area contributed by atoms with Gasteiger partial charge in [0, 0.05) is 54.7 Å². The van der Waals surface area contributed by atoms with Crippen molar-refractivity contribution in [2.75, 3.05) is 19.8 Å². The molecule has 0 radical (unpaired) electrons. The van der Waals surface area contributed by atoms with Gasteiger partial charge in [-0.2, -0.15) is 0 Å². The number of hydrogen-bond acceptors (Lipinski definition) is 4. The van der Waals surface area contributed by atoms with Gasteiger partial charge in [-0.15, -0.1) is 0 Å². The molecular weight excluding hydrogens is 464 g/mol. The van der Waals surface area contributed by atoms with Crippen molar-refractivity contribution in [1.82, 2.24) is 9.88 Å². The SMILES string of the molecule is Cc1c(C(=O)NC2CCOCC2)cc(-c2cc3c(c(C(C)(C)C)c2)OCCC3O)n1CC1CCCCC1. The molecule has 6 heteroatoms. The molecule has 0 spiro atoms. The van der Waals surface area contributed by atoms with Crippen LogP contribution in [0, 0.1) is 12.8 Å². The standard InChI is InChI=1S/C31H44N2O4/c1-20-24(30(35)32-23-10-13-36-14-11-23)18-27(33(20)19-21-8-6-5-7-9-21)22-16-25-28(34)12-15-37-29(25)26(17-22)31(2,3)4/h16-18,21,23,28,34H,5-15,19H2,1-4H3,(H,32,35). The molecule has 1 aromatic carbocycles. The van der Waals surface area contributed by atoms with Gasteiger partial charge in [0.25, 0.3) is 5.91 Å². The van der Waals surface area contributed by atoms with E-state index < -0.39 is 6.10 Å². The summed E-state index contributed by atoms with van der Waals surface area (Å²) < 4.78 is 14.0. The summed E-state index contributed by atoms with van der Waals surface area (Å²) in [6.45, 7) is 11.5. The number of aliphatic hydroxyl groups excluding tert-OH is 1.